The van der Waals surface area contributed by atoms with Gasteiger partial charge in [-0.05, 0) is 88.8 Å². The Balaban J connectivity index is 1.21. The number of aromatic amines is 1. The van der Waals surface area contributed by atoms with E-state index < -0.39 is 28.9 Å². The summed E-state index contributed by atoms with van der Waals surface area (Å²) in [6.45, 7) is 13.9. The average molecular weight is 681 g/mol. The molecule has 5 rings (SSSR count). The lowest BCUT2D eigenvalue weighted by molar-refractivity contribution is -0.182. The highest BCUT2D eigenvalue weighted by molar-refractivity contribution is 5.93. The van der Waals surface area contributed by atoms with E-state index >= 15 is 0 Å². The molecule has 1 aliphatic rings. The molecule has 1 atom stereocenters. The molecule has 49 heavy (non-hydrogen) atoms. The number of alkyl carbamates (subject to hydrolysis) is 1. The minimum Gasteiger partial charge on any atom is -0.444 e. The van der Waals surface area contributed by atoms with Crippen molar-refractivity contribution in [3.63, 3.8) is 0 Å². The van der Waals surface area contributed by atoms with E-state index in [1.54, 1.807) is 10.9 Å². The quantitative estimate of drug-likeness (QED) is 0.194. The van der Waals surface area contributed by atoms with Crippen molar-refractivity contribution in [3.8, 4) is 16.8 Å². The number of amides is 2. The van der Waals surface area contributed by atoms with E-state index in [0.717, 1.165) is 67.8 Å². The van der Waals surface area contributed by atoms with Crippen LogP contribution in [0.15, 0.2) is 48.8 Å². The molecule has 0 unspecified atom stereocenters. The largest absolute Gasteiger partial charge is 0.444 e. The molecule has 11 nitrogen and oxygen atoms in total. The van der Waals surface area contributed by atoms with Gasteiger partial charge in [0.05, 0.1) is 24.0 Å². The van der Waals surface area contributed by atoms with Crippen LogP contribution < -0.4 is 10.6 Å². The third-order valence-corrected chi connectivity index (χ3v) is 8.59. The van der Waals surface area contributed by atoms with Crippen LogP contribution in [0.5, 0.6) is 0 Å². The van der Waals surface area contributed by atoms with Gasteiger partial charge in [0.15, 0.2) is 5.82 Å². The van der Waals surface area contributed by atoms with Crippen LogP contribution >= 0.6 is 0 Å². The highest BCUT2D eigenvalue weighted by Gasteiger charge is 2.51. The lowest BCUT2D eigenvalue weighted by Gasteiger charge is -2.24. The molecule has 2 amide bonds. The number of hydrogen-bond donors (Lipinski definition) is 3. The number of nitrogens with zero attached hydrogens (tertiary/aromatic N) is 5. The Hall–Kier alpha value is -4.72. The van der Waals surface area contributed by atoms with Crippen LogP contribution in [0.3, 0.4) is 0 Å². The summed E-state index contributed by atoms with van der Waals surface area (Å²) >= 11 is 0. The molecule has 2 aromatic heterocycles. The van der Waals surface area contributed by atoms with E-state index in [-0.39, 0.29) is 30.1 Å². The summed E-state index contributed by atoms with van der Waals surface area (Å²) in [5, 5.41) is 16.2. The molecular formula is C35H43F3N8O3. The first-order chi connectivity index (χ1) is 22.9. The van der Waals surface area contributed by atoms with Gasteiger partial charge in [0, 0.05) is 31.9 Å². The zero-order valence-electron chi connectivity index (χ0n) is 28.8. The maximum absolute atomic E-state index is 13.3. The number of aryl methyl sites for hydroxylation is 1. The lowest BCUT2D eigenvalue weighted by Crippen LogP contribution is -2.40. The Bertz CT molecular complexity index is 1810. The highest BCUT2D eigenvalue weighted by Crippen LogP contribution is 2.38. The molecule has 1 aliphatic heterocycles. The van der Waals surface area contributed by atoms with Crippen LogP contribution in [0.4, 0.5) is 18.0 Å². The number of H-pyrrole nitrogens is 1. The molecule has 1 saturated heterocycles. The molecule has 2 aromatic carbocycles. The van der Waals surface area contributed by atoms with Gasteiger partial charge in [-0.2, -0.15) is 23.4 Å². The summed E-state index contributed by atoms with van der Waals surface area (Å²) in [6, 6.07) is 12.5. The van der Waals surface area contributed by atoms with Gasteiger partial charge in [0.2, 0.25) is 0 Å². The second-order valence-electron chi connectivity index (χ2n) is 14.1. The van der Waals surface area contributed by atoms with E-state index in [4.69, 9.17) is 4.74 Å². The predicted molar refractivity (Wildman–Crippen MR) is 178 cm³/mol. The number of benzene rings is 2. The number of hydrogen-bond acceptors (Lipinski definition) is 7. The van der Waals surface area contributed by atoms with Crippen LogP contribution in [-0.4, -0.2) is 72.8 Å². The normalized spacial score (nSPS) is 15.8. The maximum atomic E-state index is 13.3. The standard InChI is InChI=1S/C35H43F3N8O3/c1-21-8-13-27(46-19-25(16-40-46)30(47)39-17-28-42-31(44-43-28)34(6,7)35(36,37)38)22(2)29(21)24-11-9-23(10-12-24)18-45-15-14-26(20-45)41-32(48)49-33(3,4)5/h8-13,16,19,26H,14-15,17-18,20H2,1-7H3,(H,39,47)(H,41,48)(H,42,43,44)/t26-/m0/s1. The number of carbonyl (C=O) groups is 2. The predicted octanol–water partition coefficient (Wildman–Crippen LogP) is 6.14. The van der Waals surface area contributed by atoms with Gasteiger partial charge in [0.25, 0.3) is 5.91 Å². The number of halogens is 3. The lowest BCUT2D eigenvalue weighted by atomic mass is 9.92. The second-order valence-corrected chi connectivity index (χ2v) is 14.1. The Morgan fingerprint density at radius 3 is 2.43 bits per heavy atom. The van der Waals surface area contributed by atoms with Gasteiger partial charge in [-0.3, -0.25) is 14.8 Å². The summed E-state index contributed by atoms with van der Waals surface area (Å²) < 4.78 is 47.1. The molecule has 0 saturated carbocycles. The molecule has 3 N–H and O–H groups in total. The van der Waals surface area contributed by atoms with Crippen LogP contribution in [0.1, 0.15) is 79.7 Å². The number of ether oxygens (including phenoxy) is 1. The first-order valence-corrected chi connectivity index (χ1v) is 16.1. The molecule has 0 bridgehead atoms. The summed E-state index contributed by atoms with van der Waals surface area (Å²) in [7, 11) is 0. The van der Waals surface area contributed by atoms with E-state index in [0.29, 0.717) is 0 Å². The maximum Gasteiger partial charge on any atom is 0.407 e. The Labute approximate surface area is 283 Å². The first-order valence-electron chi connectivity index (χ1n) is 16.1. The minimum atomic E-state index is -4.52. The van der Waals surface area contributed by atoms with Crippen molar-refractivity contribution >= 4 is 12.0 Å². The number of likely N-dealkylation sites (tertiary alicyclic amines) is 1. The van der Waals surface area contributed by atoms with Crippen molar-refractivity contribution in [2.45, 2.75) is 91.2 Å². The summed E-state index contributed by atoms with van der Waals surface area (Å²) in [4.78, 5) is 31.3. The van der Waals surface area contributed by atoms with Crippen LogP contribution in [0.25, 0.3) is 16.8 Å². The van der Waals surface area contributed by atoms with E-state index in [1.165, 1.54) is 11.8 Å². The number of aromatic nitrogens is 5. The van der Waals surface area contributed by atoms with Crippen molar-refractivity contribution in [2.24, 2.45) is 0 Å². The van der Waals surface area contributed by atoms with Gasteiger partial charge in [-0.1, -0.05) is 30.3 Å². The number of carbonyl (C=O) groups excluding carboxylic acids is 2. The van der Waals surface area contributed by atoms with Gasteiger partial charge in [-0.25, -0.2) is 14.5 Å². The molecule has 0 radical (unpaired) electrons. The van der Waals surface area contributed by atoms with Crippen molar-refractivity contribution in [3.05, 3.63) is 82.7 Å². The molecule has 0 aliphatic carbocycles. The van der Waals surface area contributed by atoms with Gasteiger partial charge < -0.3 is 15.4 Å². The first kappa shape index (κ1) is 35.6. The van der Waals surface area contributed by atoms with Crippen molar-refractivity contribution < 1.29 is 27.5 Å². The fraction of sp³-hybridized carbons (Fsp3) is 0.457. The van der Waals surface area contributed by atoms with Crippen molar-refractivity contribution in [1.82, 2.24) is 40.5 Å². The third kappa shape index (κ3) is 8.30. The SMILES string of the molecule is Cc1ccc(-n2cc(C(=O)NCc3nc(C(C)(C)C(F)(F)F)n[nH]3)cn2)c(C)c1-c1ccc(CN2CC[C@H](NC(=O)OC(C)(C)C)C2)cc1. The second kappa shape index (κ2) is 13.7. The van der Waals surface area contributed by atoms with Gasteiger partial charge in [-0.15, -0.1) is 0 Å². The summed E-state index contributed by atoms with van der Waals surface area (Å²) in [5.74, 6) is -0.741. The van der Waals surface area contributed by atoms with Crippen LogP contribution in [0.2, 0.25) is 0 Å². The Morgan fingerprint density at radius 1 is 1.04 bits per heavy atom. The fourth-order valence-electron chi connectivity index (χ4n) is 5.75. The molecule has 1 fully saturated rings. The average Bonchev–Trinajstić information content (AvgIpc) is 3.77. The smallest absolute Gasteiger partial charge is 0.407 e. The molecular weight excluding hydrogens is 637 g/mol. The van der Waals surface area contributed by atoms with E-state index in [9.17, 15) is 22.8 Å². The number of rotatable bonds is 9. The molecule has 4 aromatic rings. The van der Waals surface area contributed by atoms with Gasteiger partial charge in [0.1, 0.15) is 16.8 Å². The Kier molecular flexibility index (Phi) is 9.91. The molecule has 14 heteroatoms. The third-order valence-electron chi connectivity index (χ3n) is 8.59. The topological polar surface area (TPSA) is 130 Å². The van der Waals surface area contributed by atoms with Crippen LogP contribution in [-0.2, 0) is 23.2 Å². The van der Waals surface area contributed by atoms with E-state index in [2.05, 4.69) is 67.0 Å². The number of alkyl halides is 3. The fourth-order valence-corrected chi connectivity index (χ4v) is 5.75. The van der Waals surface area contributed by atoms with Crippen LogP contribution in [0, 0.1) is 13.8 Å². The molecule has 0 spiro atoms. The Morgan fingerprint density at radius 2 is 1.76 bits per heavy atom. The number of nitrogens with one attached hydrogen (secondary N) is 3. The van der Waals surface area contributed by atoms with E-state index in [1.807, 2.05) is 39.8 Å². The molecule has 262 valence electrons. The molecule has 3 heterocycles. The summed E-state index contributed by atoms with van der Waals surface area (Å²) in [5.41, 5.74) is 3.69. The highest BCUT2D eigenvalue weighted by atomic mass is 19.4. The summed E-state index contributed by atoms with van der Waals surface area (Å²) in [6.07, 6.45) is -0.995. The van der Waals surface area contributed by atoms with Crippen molar-refractivity contribution in [2.75, 3.05) is 13.1 Å². The van der Waals surface area contributed by atoms with Crippen molar-refractivity contribution in [1.29, 1.82) is 0 Å². The minimum absolute atomic E-state index is 0.0526. The zero-order chi connectivity index (χ0) is 35.7. The zero-order valence-corrected chi connectivity index (χ0v) is 28.8. The monoisotopic (exact) mass is 680 g/mol. The van der Waals surface area contributed by atoms with Gasteiger partial charge >= 0.3 is 12.3 Å².